The molecule has 2 heterocycles. The molecule has 0 fully saturated rings. The fourth-order valence-electron chi connectivity index (χ4n) is 2.57. The SMILES string of the molecule is COc1ccccc1CNC(=O)C(=O)NC[C@@H](O)c1ccc(-c2ccsc2)o1. The smallest absolute Gasteiger partial charge is 0.309 e. The summed E-state index contributed by atoms with van der Waals surface area (Å²) in [7, 11) is 1.53. The van der Waals surface area contributed by atoms with Gasteiger partial charge in [0.15, 0.2) is 0 Å². The van der Waals surface area contributed by atoms with E-state index in [1.807, 2.05) is 29.0 Å². The first-order chi connectivity index (χ1) is 13.6. The second-order valence-corrected chi connectivity index (χ2v) is 6.71. The number of para-hydroxylation sites is 1. The fraction of sp³-hybridized carbons (Fsp3) is 0.200. The highest BCUT2D eigenvalue weighted by Crippen LogP contribution is 2.26. The molecule has 2 aromatic heterocycles. The Balaban J connectivity index is 1.48. The summed E-state index contributed by atoms with van der Waals surface area (Å²) < 4.78 is 10.8. The van der Waals surface area contributed by atoms with Gasteiger partial charge in [-0.15, -0.1) is 0 Å². The molecule has 0 spiro atoms. The number of thiophene rings is 1. The Kier molecular flexibility index (Phi) is 6.46. The first-order valence-corrected chi connectivity index (χ1v) is 9.51. The van der Waals surface area contributed by atoms with E-state index >= 15 is 0 Å². The molecule has 3 aromatic rings. The number of rotatable bonds is 7. The van der Waals surface area contributed by atoms with Gasteiger partial charge in [-0.1, -0.05) is 18.2 Å². The molecule has 8 heteroatoms. The molecule has 3 N–H and O–H groups in total. The van der Waals surface area contributed by atoms with Crippen molar-refractivity contribution in [1.82, 2.24) is 10.6 Å². The quantitative estimate of drug-likeness (QED) is 0.529. The van der Waals surface area contributed by atoms with E-state index in [0.717, 1.165) is 11.1 Å². The van der Waals surface area contributed by atoms with Gasteiger partial charge in [0.2, 0.25) is 0 Å². The summed E-state index contributed by atoms with van der Waals surface area (Å²) >= 11 is 1.54. The molecule has 3 rings (SSSR count). The van der Waals surface area contributed by atoms with Crippen molar-refractivity contribution in [2.45, 2.75) is 12.6 Å². The summed E-state index contributed by atoms with van der Waals surface area (Å²) in [5.74, 6) is -0.0555. The molecule has 2 amide bonds. The van der Waals surface area contributed by atoms with E-state index in [1.54, 1.807) is 35.6 Å². The van der Waals surface area contributed by atoms with E-state index in [9.17, 15) is 14.7 Å². The number of ether oxygens (including phenoxy) is 1. The molecule has 1 atom stereocenters. The standard InChI is InChI=1S/C20H20N2O5S/c1-26-16-5-3-2-4-13(16)10-21-19(24)20(25)22-11-15(23)18-7-6-17(27-18)14-8-9-28-12-14/h2-9,12,15,23H,10-11H2,1H3,(H,21,24)(H,22,25)/t15-/m1/s1. The maximum absolute atomic E-state index is 12.0. The van der Waals surface area contributed by atoms with Crippen LogP contribution in [0.2, 0.25) is 0 Å². The fourth-order valence-corrected chi connectivity index (χ4v) is 3.21. The number of carbonyl (C=O) groups excluding carboxylic acids is 2. The highest BCUT2D eigenvalue weighted by Gasteiger charge is 2.18. The topological polar surface area (TPSA) is 101 Å². The van der Waals surface area contributed by atoms with E-state index in [0.29, 0.717) is 17.3 Å². The Morgan fingerprint density at radius 1 is 1.14 bits per heavy atom. The second kappa shape index (κ2) is 9.20. The van der Waals surface area contributed by atoms with Crippen LogP contribution in [0.15, 0.2) is 57.6 Å². The van der Waals surface area contributed by atoms with Gasteiger partial charge in [-0.05, 0) is 29.6 Å². The number of methoxy groups -OCH3 is 1. The number of aliphatic hydroxyl groups excluding tert-OH is 1. The van der Waals surface area contributed by atoms with E-state index < -0.39 is 17.9 Å². The van der Waals surface area contributed by atoms with Crippen LogP contribution in [-0.2, 0) is 16.1 Å². The summed E-state index contributed by atoms with van der Waals surface area (Å²) in [6.45, 7) is 0.0124. The van der Waals surface area contributed by atoms with E-state index in [4.69, 9.17) is 9.15 Å². The average Bonchev–Trinajstić information content (AvgIpc) is 3.41. The molecule has 0 unspecified atom stereocenters. The summed E-state index contributed by atoms with van der Waals surface area (Å²) in [5, 5.41) is 19.0. The number of nitrogens with one attached hydrogen (secondary N) is 2. The summed E-state index contributed by atoms with van der Waals surface area (Å²) in [6.07, 6.45) is -1.06. The summed E-state index contributed by atoms with van der Waals surface area (Å²) in [5.41, 5.74) is 1.67. The van der Waals surface area contributed by atoms with Crippen LogP contribution in [0.25, 0.3) is 11.3 Å². The molecule has 0 radical (unpaired) electrons. The third-order valence-electron chi connectivity index (χ3n) is 4.06. The molecule has 0 saturated carbocycles. The Morgan fingerprint density at radius 3 is 2.68 bits per heavy atom. The Labute approximate surface area is 166 Å². The number of amides is 2. The Morgan fingerprint density at radius 2 is 1.93 bits per heavy atom. The molecule has 0 bridgehead atoms. The van der Waals surface area contributed by atoms with Gasteiger partial charge < -0.3 is 24.9 Å². The van der Waals surface area contributed by atoms with Crippen molar-refractivity contribution in [3.63, 3.8) is 0 Å². The van der Waals surface area contributed by atoms with Crippen molar-refractivity contribution >= 4 is 23.2 Å². The average molecular weight is 400 g/mol. The highest BCUT2D eigenvalue weighted by molar-refractivity contribution is 7.08. The Bertz CT molecular complexity index is 936. The molecule has 0 aliphatic rings. The van der Waals surface area contributed by atoms with Gasteiger partial charge in [0.1, 0.15) is 23.4 Å². The molecule has 7 nitrogen and oxygen atoms in total. The number of aliphatic hydroxyl groups is 1. The monoisotopic (exact) mass is 400 g/mol. The predicted molar refractivity (Wildman–Crippen MR) is 105 cm³/mol. The third-order valence-corrected chi connectivity index (χ3v) is 4.74. The lowest BCUT2D eigenvalue weighted by molar-refractivity contribution is -0.139. The van der Waals surface area contributed by atoms with Gasteiger partial charge in [-0.3, -0.25) is 9.59 Å². The van der Waals surface area contributed by atoms with E-state index in [-0.39, 0.29) is 13.1 Å². The molecular weight excluding hydrogens is 380 g/mol. The van der Waals surface area contributed by atoms with E-state index in [1.165, 1.54) is 7.11 Å². The number of hydrogen-bond acceptors (Lipinski definition) is 6. The van der Waals surface area contributed by atoms with E-state index in [2.05, 4.69) is 10.6 Å². The van der Waals surface area contributed by atoms with Gasteiger partial charge in [0.25, 0.3) is 0 Å². The molecule has 28 heavy (non-hydrogen) atoms. The minimum atomic E-state index is -1.06. The van der Waals surface area contributed by atoms with Crippen molar-refractivity contribution < 1.29 is 23.8 Å². The van der Waals surface area contributed by atoms with Crippen molar-refractivity contribution in [3.8, 4) is 17.1 Å². The summed E-state index contributed by atoms with van der Waals surface area (Å²) in [6, 6.07) is 12.5. The maximum atomic E-state index is 12.0. The zero-order valence-corrected chi connectivity index (χ0v) is 16.0. The van der Waals surface area contributed by atoms with Crippen molar-refractivity contribution in [3.05, 3.63) is 64.5 Å². The number of benzene rings is 1. The number of hydrogen-bond donors (Lipinski definition) is 3. The van der Waals surface area contributed by atoms with Crippen molar-refractivity contribution in [2.75, 3.05) is 13.7 Å². The molecule has 0 aliphatic heterocycles. The number of furan rings is 1. The number of carbonyl (C=O) groups is 2. The van der Waals surface area contributed by atoms with Crippen LogP contribution in [0, 0.1) is 0 Å². The normalized spacial score (nSPS) is 11.6. The maximum Gasteiger partial charge on any atom is 0.309 e. The van der Waals surface area contributed by atoms with Gasteiger partial charge in [0, 0.05) is 23.1 Å². The minimum absolute atomic E-state index is 0.141. The first kappa shape index (κ1) is 19.7. The van der Waals surface area contributed by atoms with Gasteiger partial charge in [-0.2, -0.15) is 11.3 Å². The van der Waals surface area contributed by atoms with Crippen LogP contribution in [0.5, 0.6) is 5.75 Å². The molecule has 1 aromatic carbocycles. The molecule has 0 saturated heterocycles. The van der Waals surface area contributed by atoms with Gasteiger partial charge >= 0.3 is 11.8 Å². The highest BCUT2D eigenvalue weighted by atomic mass is 32.1. The lowest BCUT2D eigenvalue weighted by atomic mass is 10.2. The van der Waals surface area contributed by atoms with Crippen LogP contribution >= 0.6 is 11.3 Å². The summed E-state index contributed by atoms with van der Waals surface area (Å²) in [4.78, 5) is 23.9. The lowest BCUT2D eigenvalue weighted by Crippen LogP contribution is -2.41. The first-order valence-electron chi connectivity index (χ1n) is 8.56. The largest absolute Gasteiger partial charge is 0.496 e. The van der Waals surface area contributed by atoms with Gasteiger partial charge in [0.05, 0.1) is 13.7 Å². The second-order valence-electron chi connectivity index (χ2n) is 5.93. The van der Waals surface area contributed by atoms with Crippen LogP contribution in [0.1, 0.15) is 17.4 Å². The van der Waals surface area contributed by atoms with Crippen molar-refractivity contribution in [1.29, 1.82) is 0 Å². The zero-order valence-electron chi connectivity index (χ0n) is 15.2. The van der Waals surface area contributed by atoms with Crippen LogP contribution in [0.4, 0.5) is 0 Å². The van der Waals surface area contributed by atoms with Crippen LogP contribution in [-0.4, -0.2) is 30.6 Å². The van der Waals surface area contributed by atoms with Crippen LogP contribution < -0.4 is 15.4 Å². The molecular formula is C20H20N2O5S. The zero-order chi connectivity index (χ0) is 19.9. The Hall–Kier alpha value is -3.10. The van der Waals surface area contributed by atoms with Crippen LogP contribution in [0.3, 0.4) is 0 Å². The minimum Gasteiger partial charge on any atom is -0.496 e. The van der Waals surface area contributed by atoms with Crippen molar-refractivity contribution in [2.24, 2.45) is 0 Å². The predicted octanol–water partition coefficient (Wildman–Crippen LogP) is 2.48. The molecule has 146 valence electrons. The third kappa shape index (κ3) is 4.79. The molecule has 0 aliphatic carbocycles. The lowest BCUT2D eigenvalue weighted by Gasteiger charge is -2.11. The van der Waals surface area contributed by atoms with Gasteiger partial charge in [-0.25, -0.2) is 0 Å².